The lowest BCUT2D eigenvalue weighted by atomic mass is 10.00. The van der Waals surface area contributed by atoms with Crippen LogP contribution in [0.4, 0.5) is 22.0 Å². The number of ether oxygens (including phenoxy) is 1. The quantitative estimate of drug-likeness (QED) is 0.0938. The summed E-state index contributed by atoms with van der Waals surface area (Å²) in [6.07, 6.45) is -14.8. The predicted octanol–water partition coefficient (Wildman–Crippen LogP) is 8.71. The third-order valence-electron chi connectivity index (χ3n) is 7.01. The molecule has 0 spiro atoms. The minimum atomic E-state index is -5.53. The van der Waals surface area contributed by atoms with E-state index in [4.69, 9.17) is 32.9 Å². The molecule has 1 amide bonds. The molecule has 0 N–H and O–H groups in total. The van der Waals surface area contributed by atoms with Crippen LogP contribution in [0.25, 0.3) is 22.0 Å². The predicted molar refractivity (Wildman–Crippen MR) is 198 cm³/mol. The number of benzene rings is 4. The summed E-state index contributed by atoms with van der Waals surface area (Å²) in [4.78, 5) is 28.7. The van der Waals surface area contributed by atoms with Crippen LogP contribution in [0.3, 0.4) is 0 Å². The number of pyridine rings is 1. The molecule has 0 atom stereocenters. The van der Waals surface area contributed by atoms with Gasteiger partial charge in [-0.15, -0.1) is 11.8 Å². The highest BCUT2D eigenvalue weighted by Gasteiger charge is 2.31. The highest BCUT2D eigenvalue weighted by molar-refractivity contribution is 7.98. The van der Waals surface area contributed by atoms with E-state index in [1.165, 1.54) is 0 Å². The number of hydrogen-bond donors (Lipinski definition) is 0. The first-order chi connectivity index (χ1) is 37.0. The Kier molecular flexibility index (Phi) is 5.05. The lowest BCUT2D eigenvalue weighted by molar-refractivity contribution is -0.137. The molecule has 6 rings (SSSR count). The van der Waals surface area contributed by atoms with Crippen molar-refractivity contribution in [2.24, 2.45) is 0 Å². The third-order valence-corrected chi connectivity index (χ3v) is 8.03. The number of piperidine rings is 1. The largest absolute Gasteiger partial charge is 0.416 e. The summed E-state index contributed by atoms with van der Waals surface area (Å²) >= 11 is 0.0367. The van der Waals surface area contributed by atoms with E-state index >= 15 is 9.18 Å². The number of likely N-dealkylation sites (tertiary alicyclic amines) is 1. The van der Waals surface area contributed by atoms with Gasteiger partial charge in [0.05, 0.1) is 51.5 Å². The number of alkyl halides is 3. The average molecular weight is 779 g/mol. The number of fused-ring (bicyclic) bond motifs is 1. The summed E-state index contributed by atoms with van der Waals surface area (Å²) in [6.45, 7) is -17.4. The number of carbonyl (C=O) groups is 1. The van der Waals surface area contributed by atoms with Gasteiger partial charge in [-0.25, -0.2) is 8.78 Å². The first kappa shape index (κ1) is 16.1. The molecule has 1 aliphatic heterocycles. The molecule has 4 aromatic carbocycles. The first-order valence-corrected chi connectivity index (χ1v) is 15.7. The molecule has 0 saturated carbocycles. The van der Waals surface area contributed by atoms with Gasteiger partial charge in [0.25, 0.3) is 0 Å². The number of nitrogens with zero attached hydrogens (tertiary/aromatic N) is 3. The van der Waals surface area contributed by atoms with Crippen molar-refractivity contribution in [3.05, 3.63) is 135 Å². The second-order valence-corrected chi connectivity index (χ2v) is 11.5. The summed E-state index contributed by atoms with van der Waals surface area (Å²) < 4.78 is 326. The van der Waals surface area contributed by atoms with Crippen molar-refractivity contribution in [3.8, 4) is 11.1 Å². The van der Waals surface area contributed by atoms with Crippen molar-refractivity contribution < 1.29 is 71.2 Å². The lowest BCUT2D eigenvalue weighted by Gasteiger charge is -2.39. The van der Waals surface area contributed by atoms with Crippen LogP contribution in [0, 0.1) is 18.6 Å². The zero-order valence-corrected chi connectivity index (χ0v) is 27.5. The number of methoxy groups -OCH3 is 1. The van der Waals surface area contributed by atoms with Crippen LogP contribution in [-0.4, -0.2) is 59.4 Å². The molecule has 1 aliphatic rings. The molecule has 53 heavy (non-hydrogen) atoms. The fourth-order valence-electron chi connectivity index (χ4n) is 4.50. The maximum atomic E-state index is 15.7. The molecule has 6 nitrogen and oxygen atoms in total. The van der Waals surface area contributed by atoms with Crippen molar-refractivity contribution in [3.63, 3.8) is 0 Å². The van der Waals surface area contributed by atoms with Gasteiger partial charge in [-0.05, 0) is 66.6 Å². The molecule has 5 aromatic rings. The average Bonchev–Trinajstić information content (AvgIpc) is 1.48. The molecular weight excluding hydrogens is 710 g/mol. The second-order valence-electron chi connectivity index (χ2n) is 10.6. The van der Waals surface area contributed by atoms with E-state index < -0.39 is 250 Å². The van der Waals surface area contributed by atoms with Crippen molar-refractivity contribution in [2.75, 3.05) is 33.1 Å². The highest BCUT2D eigenvalue weighted by Crippen LogP contribution is 2.32. The van der Waals surface area contributed by atoms with E-state index in [9.17, 15) is 29.2 Å². The molecule has 12 heteroatoms. The summed E-state index contributed by atoms with van der Waals surface area (Å²) in [5.41, 5.74) is -9.87. The van der Waals surface area contributed by atoms with Crippen molar-refractivity contribution in [1.82, 2.24) is 14.4 Å². The molecule has 2 heterocycles. The monoisotopic (exact) mass is 778 g/mol. The van der Waals surface area contributed by atoms with E-state index in [0.29, 0.717) is 4.57 Å². The number of aromatic nitrogens is 1. The van der Waals surface area contributed by atoms with Crippen LogP contribution in [0.2, 0.25) is 0 Å². The van der Waals surface area contributed by atoms with Gasteiger partial charge in [0.15, 0.2) is 17.1 Å². The molecule has 0 unspecified atom stereocenters. The van der Waals surface area contributed by atoms with Crippen molar-refractivity contribution in [2.45, 2.75) is 55.7 Å². The third kappa shape index (κ3) is 9.17. The van der Waals surface area contributed by atoms with Crippen molar-refractivity contribution in [1.29, 1.82) is 0 Å². The Labute approximate surface area is 349 Å². The van der Waals surface area contributed by atoms with Gasteiger partial charge in [0.2, 0.25) is 5.91 Å². The Hall–Kier alpha value is -4.52. The van der Waals surface area contributed by atoms with Crippen LogP contribution in [0.1, 0.15) is 74.8 Å². The Morgan fingerprint density at radius 2 is 1.74 bits per heavy atom. The molecular formula is C41H40F5N3O3S. The lowest BCUT2D eigenvalue weighted by Crippen LogP contribution is -2.48. The van der Waals surface area contributed by atoms with Gasteiger partial charge < -0.3 is 19.1 Å². The van der Waals surface area contributed by atoms with Gasteiger partial charge in [-0.1, -0.05) is 59.9 Å². The SMILES string of the molecule is [2H]c1c([2H])c(F)c(F)c(CSc2c([2H])c(=O)c3c([2H])c(C)c([2H])c([2H])c3n2CC(=O)N(Cc2c([2H])c([2H])c(-c3c([2H])c([2H])c(C(F)(F)F)c([2H])c3[2H])c([2H])c2[2H])C2([2H])C([2H])([2H])C([2H])([2H])N(CC([2H])([2H])OC([2H])([2H])[2H])C([2H])([2H])C2([2H])[2H])c1[2H]. The minimum absolute atomic E-state index is 0.0367. The number of halogens is 5. The number of carbonyl (C=O) groups excluding carboxylic acids is 1. The van der Waals surface area contributed by atoms with E-state index in [1.807, 2.05) is 0 Å². The maximum absolute atomic E-state index is 15.7. The first-order valence-electron chi connectivity index (χ1n) is 29.2. The zero-order valence-electron chi connectivity index (χ0n) is 55.7. The molecule has 0 radical (unpaired) electrons. The smallest absolute Gasteiger partial charge is 0.383 e. The number of amides is 1. The Balaban J connectivity index is 1.73. The molecule has 1 aromatic heterocycles. The van der Waals surface area contributed by atoms with E-state index in [2.05, 4.69) is 4.74 Å². The highest BCUT2D eigenvalue weighted by atomic mass is 32.2. The molecule has 278 valence electrons. The van der Waals surface area contributed by atoms with E-state index in [0.717, 1.165) is 6.92 Å². The minimum Gasteiger partial charge on any atom is -0.383 e. The number of rotatable bonds is 12. The standard InChI is InChI=1S/C41H40F5N3O3S/c1-27-6-15-36-34(22-27)37(50)23-39(53-26-31-4-3-5-35(42)40(31)43)49(36)25-38(51)48(33-16-18-47(19-17-33)20-21-52-2)24-28-7-9-29(10-8-28)30-11-13-32(14-12-30)41(44,45)46/h3-15,22-23,33H,16-21,24-26H2,1-2H3/i2D3,3D,4D,5D,6D,7D,8D,9D,10D,11D,12D,13D,14D,15D,16D2,17D2,18D2,19D2,21D2,22D,23D,33D. The summed E-state index contributed by atoms with van der Waals surface area (Å²) in [7, 11) is -3.69. The van der Waals surface area contributed by atoms with Crippen LogP contribution < -0.4 is 5.43 Å². The second kappa shape index (κ2) is 16.7. The fourth-order valence-corrected chi connectivity index (χ4v) is 5.46. The summed E-state index contributed by atoms with van der Waals surface area (Å²) in [5, 5.41) is -1.94. The van der Waals surface area contributed by atoms with Crippen LogP contribution in [-0.2, 0) is 34.6 Å². The Bertz CT molecular complexity index is 3480. The number of hydrogen-bond acceptors (Lipinski definition) is 5. The van der Waals surface area contributed by atoms with Gasteiger partial charge >= 0.3 is 6.18 Å². The molecule has 1 saturated heterocycles. The van der Waals surface area contributed by atoms with Crippen LogP contribution in [0.15, 0.2) is 100 Å². The maximum Gasteiger partial charge on any atom is 0.416 e. The molecule has 0 aliphatic carbocycles. The normalized spacial score (nSPS) is 26.9. The van der Waals surface area contributed by atoms with Gasteiger partial charge in [0.1, 0.15) is 6.54 Å². The summed E-state index contributed by atoms with van der Waals surface area (Å²) in [5.74, 6) is -7.10. The Morgan fingerprint density at radius 3 is 2.42 bits per heavy atom. The van der Waals surface area contributed by atoms with Gasteiger partial charge in [-0.2, -0.15) is 13.2 Å². The molecule has 1 fully saturated rings. The van der Waals surface area contributed by atoms with E-state index in [1.54, 1.807) is 0 Å². The fraction of sp³-hybridized carbons (Fsp3) is 0.317. The molecule has 0 bridgehead atoms. The number of thioether (sulfide) groups is 1. The van der Waals surface area contributed by atoms with Gasteiger partial charge in [0, 0.05) is 72.9 Å². The Morgan fingerprint density at radius 1 is 1.04 bits per heavy atom. The van der Waals surface area contributed by atoms with Gasteiger partial charge in [-0.3, -0.25) is 9.59 Å². The summed E-state index contributed by atoms with van der Waals surface area (Å²) in [6, 6.07) is -25.2. The van der Waals surface area contributed by atoms with Crippen LogP contribution >= 0.6 is 11.8 Å². The van der Waals surface area contributed by atoms with E-state index in [-0.39, 0.29) is 11.8 Å². The zero-order chi connectivity index (χ0) is 63.1. The topological polar surface area (TPSA) is 54.8 Å². The van der Waals surface area contributed by atoms with Crippen molar-refractivity contribution >= 4 is 28.6 Å². The van der Waals surface area contributed by atoms with Crippen LogP contribution in [0.5, 0.6) is 0 Å².